The van der Waals surface area contributed by atoms with E-state index in [-0.39, 0.29) is 11.6 Å². The maximum absolute atomic E-state index is 12.6. The normalized spacial score (nSPS) is 17.5. The molecule has 1 aliphatic rings. The van der Waals surface area contributed by atoms with Crippen molar-refractivity contribution >= 4 is 17.5 Å². The van der Waals surface area contributed by atoms with Crippen molar-refractivity contribution in [1.29, 1.82) is 0 Å². The third-order valence-corrected chi connectivity index (χ3v) is 4.15. The lowest BCUT2D eigenvalue weighted by molar-refractivity contribution is -0.144. The monoisotopic (exact) mass is 344 g/mol. The average molecular weight is 344 g/mol. The van der Waals surface area contributed by atoms with E-state index >= 15 is 0 Å². The minimum atomic E-state index is -4.52. The molecule has 2 amide bonds. The lowest BCUT2D eigenvalue weighted by Gasteiger charge is -2.32. The number of benzene rings is 1. The third-order valence-electron chi connectivity index (χ3n) is 4.15. The lowest BCUT2D eigenvalue weighted by Crippen LogP contribution is -2.45. The largest absolute Gasteiger partial charge is 0.416 e. The smallest absolute Gasteiger partial charge is 0.393 e. The van der Waals surface area contributed by atoms with E-state index in [0.29, 0.717) is 25.9 Å². The van der Waals surface area contributed by atoms with Crippen molar-refractivity contribution in [3.05, 3.63) is 29.8 Å². The van der Waals surface area contributed by atoms with Gasteiger partial charge in [-0.2, -0.15) is 13.2 Å². The standard InChI is InChI=1S/C16H19F3N2O3/c1-10(22)11-5-7-21(8-6-11)15(24)14(23)20-13-4-2-3-12(9-13)16(17,18)19/h2-4,9-11,22H,5-8H2,1H3,(H,20,23). The molecule has 132 valence electrons. The zero-order valence-electron chi connectivity index (χ0n) is 13.1. The summed E-state index contributed by atoms with van der Waals surface area (Å²) in [6.45, 7) is 2.36. The van der Waals surface area contributed by atoms with Crippen molar-refractivity contribution in [3.63, 3.8) is 0 Å². The molecule has 8 heteroatoms. The summed E-state index contributed by atoms with van der Waals surface area (Å²) in [7, 11) is 0. The van der Waals surface area contributed by atoms with E-state index in [1.807, 2.05) is 0 Å². The molecule has 1 saturated heterocycles. The Morgan fingerprint density at radius 3 is 2.46 bits per heavy atom. The Balaban J connectivity index is 1.97. The number of nitrogens with zero attached hydrogens (tertiary/aromatic N) is 1. The number of likely N-dealkylation sites (tertiary alicyclic amines) is 1. The molecule has 2 N–H and O–H groups in total. The number of halogens is 3. The second-order valence-electron chi connectivity index (χ2n) is 5.90. The second kappa shape index (κ2) is 7.21. The first-order valence-electron chi connectivity index (χ1n) is 7.64. The van der Waals surface area contributed by atoms with Crippen LogP contribution in [0.2, 0.25) is 0 Å². The van der Waals surface area contributed by atoms with Crippen LogP contribution in [-0.4, -0.2) is 41.0 Å². The maximum atomic E-state index is 12.6. The van der Waals surface area contributed by atoms with Gasteiger partial charge in [0.1, 0.15) is 0 Å². The Kier molecular flexibility index (Phi) is 5.48. The van der Waals surface area contributed by atoms with E-state index in [2.05, 4.69) is 5.32 Å². The molecular formula is C16H19F3N2O3. The number of anilines is 1. The minimum Gasteiger partial charge on any atom is -0.393 e. The molecule has 1 aromatic rings. The Bertz CT molecular complexity index is 609. The third kappa shape index (κ3) is 4.47. The summed E-state index contributed by atoms with van der Waals surface area (Å²) in [4.78, 5) is 25.4. The van der Waals surface area contributed by atoms with Crippen LogP contribution in [0.1, 0.15) is 25.3 Å². The highest BCUT2D eigenvalue weighted by molar-refractivity contribution is 6.39. The van der Waals surface area contributed by atoms with Gasteiger partial charge in [0, 0.05) is 18.8 Å². The fraction of sp³-hybridized carbons (Fsp3) is 0.500. The van der Waals surface area contributed by atoms with Crippen molar-refractivity contribution in [2.45, 2.75) is 32.0 Å². The summed E-state index contributed by atoms with van der Waals surface area (Å²) in [6.07, 6.45) is -3.82. The van der Waals surface area contributed by atoms with Crippen LogP contribution >= 0.6 is 0 Å². The zero-order valence-corrected chi connectivity index (χ0v) is 13.1. The van der Waals surface area contributed by atoms with E-state index in [4.69, 9.17) is 0 Å². The quantitative estimate of drug-likeness (QED) is 0.809. The summed E-state index contributed by atoms with van der Waals surface area (Å²) in [6, 6.07) is 4.13. The molecule has 0 saturated carbocycles. The number of carbonyl (C=O) groups is 2. The highest BCUT2D eigenvalue weighted by Gasteiger charge is 2.31. The first-order chi connectivity index (χ1) is 11.2. The van der Waals surface area contributed by atoms with Gasteiger partial charge in [0.25, 0.3) is 0 Å². The van der Waals surface area contributed by atoms with Gasteiger partial charge in [-0.3, -0.25) is 9.59 Å². The Morgan fingerprint density at radius 1 is 1.29 bits per heavy atom. The highest BCUT2D eigenvalue weighted by Crippen LogP contribution is 2.30. The van der Waals surface area contributed by atoms with E-state index in [0.717, 1.165) is 18.2 Å². The van der Waals surface area contributed by atoms with Gasteiger partial charge in [0.2, 0.25) is 0 Å². The number of carbonyl (C=O) groups excluding carboxylic acids is 2. The van der Waals surface area contributed by atoms with Crippen LogP contribution in [0.15, 0.2) is 24.3 Å². The second-order valence-corrected chi connectivity index (χ2v) is 5.90. The van der Waals surface area contributed by atoms with Gasteiger partial charge in [0.15, 0.2) is 0 Å². The number of hydrogen-bond donors (Lipinski definition) is 2. The van der Waals surface area contributed by atoms with Crippen LogP contribution < -0.4 is 5.32 Å². The molecular weight excluding hydrogens is 325 g/mol. The summed E-state index contributed by atoms with van der Waals surface area (Å²) < 4.78 is 37.9. The predicted molar refractivity (Wildman–Crippen MR) is 81.1 cm³/mol. The highest BCUT2D eigenvalue weighted by atomic mass is 19.4. The number of amides is 2. The van der Waals surface area contributed by atoms with Gasteiger partial charge >= 0.3 is 18.0 Å². The maximum Gasteiger partial charge on any atom is 0.416 e. The van der Waals surface area contributed by atoms with Crippen molar-refractivity contribution < 1.29 is 27.9 Å². The van der Waals surface area contributed by atoms with Gasteiger partial charge in [-0.05, 0) is 43.9 Å². The number of alkyl halides is 3. The molecule has 1 atom stereocenters. The van der Waals surface area contributed by atoms with Gasteiger partial charge in [-0.25, -0.2) is 0 Å². The topological polar surface area (TPSA) is 69.6 Å². The summed E-state index contributed by atoms with van der Waals surface area (Å²) >= 11 is 0. The van der Waals surface area contributed by atoms with Crippen LogP contribution in [0.3, 0.4) is 0 Å². The number of rotatable bonds is 2. The van der Waals surface area contributed by atoms with Gasteiger partial charge < -0.3 is 15.3 Å². The molecule has 0 bridgehead atoms. The number of aliphatic hydroxyl groups excluding tert-OH is 1. The van der Waals surface area contributed by atoms with Gasteiger partial charge in [-0.1, -0.05) is 6.07 Å². The van der Waals surface area contributed by atoms with Crippen molar-refractivity contribution in [1.82, 2.24) is 4.90 Å². The average Bonchev–Trinajstić information content (AvgIpc) is 2.53. The Morgan fingerprint density at radius 2 is 1.92 bits per heavy atom. The molecule has 1 fully saturated rings. The predicted octanol–water partition coefficient (Wildman–Crippen LogP) is 2.26. The molecule has 0 aliphatic carbocycles. The van der Waals surface area contributed by atoms with Crippen LogP contribution in [0.25, 0.3) is 0 Å². The van der Waals surface area contributed by atoms with Crippen LogP contribution in [-0.2, 0) is 15.8 Å². The van der Waals surface area contributed by atoms with Crippen LogP contribution in [0, 0.1) is 5.92 Å². The Labute approximate surface area is 137 Å². The van der Waals surface area contributed by atoms with Crippen molar-refractivity contribution in [3.8, 4) is 0 Å². The SMILES string of the molecule is CC(O)C1CCN(C(=O)C(=O)Nc2cccc(C(F)(F)F)c2)CC1. The minimum absolute atomic E-state index is 0.0814. The lowest BCUT2D eigenvalue weighted by atomic mass is 9.92. The number of nitrogens with one attached hydrogen (secondary N) is 1. The number of piperidine rings is 1. The molecule has 5 nitrogen and oxygen atoms in total. The molecule has 0 spiro atoms. The summed E-state index contributed by atoms with van der Waals surface area (Å²) in [5.74, 6) is -1.66. The van der Waals surface area contributed by atoms with E-state index in [1.54, 1.807) is 6.92 Å². The molecule has 2 rings (SSSR count). The number of aliphatic hydroxyl groups is 1. The first-order valence-corrected chi connectivity index (χ1v) is 7.64. The summed E-state index contributed by atoms with van der Waals surface area (Å²) in [5, 5.41) is 11.7. The first kappa shape index (κ1) is 18.3. The van der Waals surface area contributed by atoms with Gasteiger partial charge in [0.05, 0.1) is 11.7 Å². The Hall–Kier alpha value is -2.09. The fourth-order valence-electron chi connectivity index (χ4n) is 2.69. The zero-order chi connectivity index (χ0) is 17.9. The van der Waals surface area contributed by atoms with Crippen molar-refractivity contribution in [2.75, 3.05) is 18.4 Å². The molecule has 1 heterocycles. The molecule has 1 aliphatic heterocycles. The van der Waals surface area contributed by atoms with E-state index in [9.17, 15) is 27.9 Å². The molecule has 1 unspecified atom stereocenters. The van der Waals surface area contributed by atoms with E-state index < -0.39 is 29.7 Å². The van der Waals surface area contributed by atoms with Crippen LogP contribution in [0.5, 0.6) is 0 Å². The van der Waals surface area contributed by atoms with Crippen LogP contribution in [0.4, 0.5) is 18.9 Å². The van der Waals surface area contributed by atoms with E-state index in [1.165, 1.54) is 11.0 Å². The molecule has 0 radical (unpaired) electrons. The molecule has 0 aromatic heterocycles. The van der Waals surface area contributed by atoms with Crippen molar-refractivity contribution in [2.24, 2.45) is 5.92 Å². The molecule has 24 heavy (non-hydrogen) atoms. The number of hydrogen-bond acceptors (Lipinski definition) is 3. The fourth-order valence-corrected chi connectivity index (χ4v) is 2.69. The summed E-state index contributed by atoms with van der Waals surface area (Å²) in [5.41, 5.74) is -0.979. The van der Waals surface area contributed by atoms with Gasteiger partial charge in [-0.15, -0.1) is 0 Å². The molecule has 1 aromatic carbocycles.